The standard InChI is InChI=1S/C16H19BrFN3/c1-4-7-19-15-9-14(10(2)3)20-16(21-15)11-5-6-13(18)12(17)8-11/h5-6,8-10H,4,7H2,1-3H3,(H,19,20,21). The fourth-order valence-electron chi connectivity index (χ4n) is 1.87. The van der Waals surface area contributed by atoms with Crippen LogP contribution in [-0.2, 0) is 0 Å². The summed E-state index contributed by atoms with van der Waals surface area (Å²) < 4.78 is 13.8. The van der Waals surface area contributed by atoms with Gasteiger partial charge in [0.2, 0.25) is 0 Å². The fraction of sp³-hybridized carbons (Fsp3) is 0.375. The molecule has 0 bridgehead atoms. The minimum atomic E-state index is -0.289. The second-order valence-corrected chi connectivity index (χ2v) is 6.07. The summed E-state index contributed by atoms with van der Waals surface area (Å²) in [5.74, 6) is 1.44. The van der Waals surface area contributed by atoms with E-state index in [1.807, 2.05) is 6.07 Å². The topological polar surface area (TPSA) is 37.8 Å². The zero-order valence-electron chi connectivity index (χ0n) is 12.5. The maximum absolute atomic E-state index is 13.4. The summed E-state index contributed by atoms with van der Waals surface area (Å²) in [5.41, 5.74) is 1.77. The average Bonchev–Trinajstić information content (AvgIpc) is 2.47. The molecule has 5 heteroatoms. The van der Waals surface area contributed by atoms with E-state index >= 15 is 0 Å². The van der Waals surface area contributed by atoms with Crippen molar-refractivity contribution in [3.8, 4) is 11.4 Å². The summed E-state index contributed by atoms with van der Waals surface area (Å²) in [7, 11) is 0. The number of nitrogens with one attached hydrogen (secondary N) is 1. The molecule has 1 heterocycles. The second kappa shape index (κ2) is 6.98. The van der Waals surface area contributed by atoms with Crippen LogP contribution in [-0.4, -0.2) is 16.5 Å². The number of rotatable bonds is 5. The molecule has 0 radical (unpaired) electrons. The Hall–Kier alpha value is -1.49. The van der Waals surface area contributed by atoms with Gasteiger partial charge in [-0.3, -0.25) is 0 Å². The third kappa shape index (κ3) is 4.00. The quantitative estimate of drug-likeness (QED) is 0.824. The Kier molecular flexibility index (Phi) is 5.28. The van der Waals surface area contributed by atoms with Crippen molar-refractivity contribution in [3.05, 3.63) is 40.2 Å². The second-order valence-electron chi connectivity index (χ2n) is 5.21. The van der Waals surface area contributed by atoms with E-state index in [9.17, 15) is 4.39 Å². The number of nitrogens with zero attached hydrogens (tertiary/aromatic N) is 2. The first-order valence-electron chi connectivity index (χ1n) is 7.09. The molecule has 0 aliphatic carbocycles. The molecular weight excluding hydrogens is 333 g/mol. The molecule has 0 aliphatic heterocycles. The van der Waals surface area contributed by atoms with Crippen LogP contribution in [0.1, 0.15) is 38.8 Å². The van der Waals surface area contributed by atoms with Crippen LogP contribution in [0, 0.1) is 5.82 Å². The van der Waals surface area contributed by atoms with Crippen molar-refractivity contribution >= 4 is 21.7 Å². The van der Waals surface area contributed by atoms with Crippen LogP contribution in [0.2, 0.25) is 0 Å². The molecule has 2 rings (SSSR count). The fourth-order valence-corrected chi connectivity index (χ4v) is 2.25. The first-order valence-corrected chi connectivity index (χ1v) is 7.88. The maximum Gasteiger partial charge on any atom is 0.161 e. The van der Waals surface area contributed by atoms with Crippen molar-refractivity contribution < 1.29 is 4.39 Å². The van der Waals surface area contributed by atoms with Crippen molar-refractivity contribution in [2.45, 2.75) is 33.1 Å². The van der Waals surface area contributed by atoms with E-state index in [4.69, 9.17) is 0 Å². The number of halogens is 2. The summed E-state index contributed by atoms with van der Waals surface area (Å²) in [6.45, 7) is 7.16. The highest BCUT2D eigenvalue weighted by molar-refractivity contribution is 9.10. The van der Waals surface area contributed by atoms with Crippen molar-refractivity contribution in [2.75, 3.05) is 11.9 Å². The molecule has 3 nitrogen and oxygen atoms in total. The van der Waals surface area contributed by atoms with Crippen LogP contribution in [0.4, 0.5) is 10.2 Å². The highest BCUT2D eigenvalue weighted by Crippen LogP contribution is 2.25. The van der Waals surface area contributed by atoms with Gasteiger partial charge in [-0.05, 0) is 46.5 Å². The number of anilines is 1. The van der Waals surface area contributed by atoms with Gasteiger partial charge in [-0.2, -0.15) is 0 Å². The predicted octanol–water partition coefficient (Wildman–Crippen LogP) is 4.99. The highest BCUT2D eigenvalue weighted by atomic mass is 79.9. The Labute approximate surface area is 133 Å². The Balaban J connectivity index is 2.45. The van der Waals surface area contributed by atoms with Gasteiger partial charge in [-0.1, -0.05) is 20.8 Å². The van der Waals surface area contributed by atoms with Gasteiger partial charge >= 0.3 is 0 Å². The first kappa shape index (κ1) is 15.9. The molecule has 0 spiro atoms. The van der Waals surface area contributed by atoms with E-state index in [0.29, 0.717) is 16.2 Å². The molecule has 1 N–H and O–H groups in total. The number of aromatic nitrogens is 2. The molecule has 0 amide bonds. The Bertz CT molecular complexity index is 629. The van der Waals surface area contributed by atoms with E-state index in [1.165, 1.54) is 6.07 Å². The molecule has 21 heavy (non-hydrogen) atoms. The molecule has 1 aromatic heterocycles. The molecule has 0 atom stereocenters. The van der Waals surface area contributed by atoms with E-state index in [2.05, 4.69) is 52.0 Å². The average molecular weight is 352 g/mol. The summed E-state index contributed by atoms with van der Waals surface area (Å²) >= 11 is 3.21. The Morgan fingerprint density at radius 1 is 1.24 bits per heavy atom. The summed E-state index contributed by atoms with van der Waals surface area (Å²) in [4.78, 5) is 9.12. The van der Waals surface area contributed by atoms with E-state index in [0.717, 1.165) is 30.0 Å². The third-order valence-electron chi connectivity index (χ3n) is 3.07. The van der Waals surface area contributed by atoms with Crippen molar-refractivity contribution in [2.24, 2.45) is 0 Å². The molecule has 1 aromatic carbocycles. The van der Waals surface area contributed by atoms with Gasteiger partial charge in [-0.25, -0.2) is 14.4 Å². The molecule has 0 saturated carbocycles. The van der Waals surface area contributed by atoms with Gasteiger partial charge in [0, 0.05) is 23.9 Å². The smallest absolute Gasteiger partial charge is 0.161 e. The van der Waals surface area contributed by atoms with Gasteiger partial charge < -0.3 is 5.32 Å². The summed E-state index contributed by atoms with van der Waals surface area (Å²) in [6, 6.07) is 6.80. The van der Waals surface area contributed by atoms with Crippen LogP contribution in [0.3, 0.4) is 0 Å². The Morgan fingerprint density at radius 2 is 2.00 bits per heavy atom. The SMILES string of the molecule is CCCNc1cc(C(C)C)nc(-c2ccc(F)c(Br)c2)n1. The molecule has 0 fully saturated rings. The largest absolute Gasteiger partial charge is 0.370 e. The third-order valence-corrected chi connectivity index (χ3v) is 3.68. The van der Waals surface area contributed by atoms with Crippen molar-refractivity contribution in [1.82, 2.24) is 9.97 Å². The van der Waals surface area contributed by atoms with Crippen molar-refractivity contribution in [1.29, 1.82) is 0 Å². The van der Waals surface area contributed by atoms with Crippen LogP contribution in [0.5, 0.6) is 0 Å². The lowest BCUT2D eigenvalue weighted by Gasteiger charge is -2.12. The van der Waals surface area contributed by atoms with Gasteiger partial charge in [-0.15, -0.1) is 0 Å². The molecule has 2 aromatic rings. The van der Waals surface area contributed by atoms with Gasteiger partial charge in [0.05, 0.1) is 4.47 Å². The van der Waals surface area contributed by atoms with Crippen LogP contribution < -0.4 is 5.32 Å². The number of benzene rings is 1. The lowest BCUT2D eigenvalue weighted by molar-refractivity contribution is 0.621. The first-order chi connectivity index (χ1) is 10.0. The number of hydrogen-bond acceptors (Lipinski definition) is 3. The zero-order chi connectivity index (χ0) is 15.4. The number of hydrogen-bond donors (Lipinski definition) is 1. The van der Waals surface area contributed by atoms with Crippen molar-refractivity contribution in [3.63, 3.8) is 0 Å². The molecule has 0 aliphatic rings. The lowest BCUT2D eigenvalue weighted by Crippen LogP contribution is -2.06. The van der Waals surface area contributed by atoms with Crippen LogP contribution >= 0.6 is 15.9 Å². The molecule has 0 saturated heterocycles. The van der Waals surface area contributed by atoms with Gasteiger partial charge in [0.1, 0.15) is 11.6 Å². The summed E-state index contributed by atoms with van der Waals surface area (Å²) in [6.07, 6.45) is 1.03. The van der Waals surface area contributed by atoms with Crippen LogP contribution in [0.25, 0.3) is 11.4 Å². The van der Waals surface area contributed by atoms with Crippen LogP contribution in [0.15, 0.2) is 28.7 Å². The minimum absolute atomic E-state index is 0.289. The predicted molar refractivity (Wildman–Crippen MR) is 88.0 cm³/mol. The maximum atomic E-state index is 13.4. The van der Waals surface area contributed by atoms with E-state index in [1.54, 1.807) is 12.1 Å². The molecular formula is C16H19BrFN3. The monoisotopic (exact) mass is 351 g/mol. The summed E-state index contributed by atoms with van der Waals surface area (Å²) in [5, 5.41) is 3.29. The normalized spacial score (nSPS) is 11.0. The van der Waals surface area contributed by atoms with Gasteiger partial charge in [0.15, 0.2) is 5.82 Å². The van der Waals surface area contributed by atoms with E-state index in [-0.39, 0.29) is 5.82 Å². The highest BCUT2D eigenvalue weighted by Gasteiger charge is 2.11. The molecule has 0 unspecified atom stereocenters. The molecule has 112 valence electrons. The zero-order valence-corrected chi connectivity index (χ0v) is 14.0. The lowest BCUT2D eigenvalue weighted by atomic mass is 10.1. The van der Waals surface area contributed by atoms with E-state index < -0.39 is 0 Å². The Morgan fingerprint density at radius 3 is 2.62 bits per heavy atom. The minimum Gasteiger partial charge on any atom is -0.370 e. The van der Waals surface area contributed by atoms with Gasteiger partial charge in [0.25, 0.3) is 0 Å².